The molecule has 0 aliphatic carbocycles. The highest BCUT2D eigenvalue weighted by Crippen LogP contribution is 2.67. The topological polar surface area (TPSA) is 0 Å². The zero-order chi connectivity index (χ0) is 22.5. The van der Waals surface area contributed by atoms with Crippen molar-refractivity contribution in [2.45, 2.75) is 52.4 Å². The summed E-state index contributed by atoms with van der Waals surface area (Å²) in [6, 6.07) is 0. The summed E-state index contributed by atoms with van der Waals surface area (Å²) >= 11 is 20.1. The van der Waals surface area contributed by atoms with E-state index in [2.05, 4.69) is 0 Å². The zero-order valence-electron chi connectivity index (χ0n) is 11.9. The minimum absolute atomic E-state index is 1.51. The normalized spacial score (nSPS) is 17.2. The van der Waals surface area contributed by atoms with Gasteiger partial charge in [-0.05, 0) is 6.42 Å². The molecule has 0 saturated heterocycles. The van der Waals surface area contributed by atoms with Crippen LogP contribution in [0.15, 0.2) is 0 Å². The third-order valence-electron chi connectivity index (χ3n) is 3.23. The van der Waals surface area contributed by atoms with Gasteiger partial charge in [0.15, 0.2) is 3.79 Å². The van der Waals surface area contributed by atoms with Crippen LogP contribution in [0.3, 0.4) is 0 Å². The predicted octanol–water partition coefficient (Wildman–Crippen LogP) is 7.69. The first-order chi connectivity index (χ1) is 11.4. The highest BCUT2D eigenvalue weighted by Gasteiger charge is 2.91. The summed E-state index contributed by atoms with van der Waals surface area (Å²) in [5.41, 5.74) is -6.91. The summed E-state index contributed by atoms with van der Waals surface area (Å²) in [7, 11) is 0. The molecule has 164 valence electrons. The van der Waals surface area contributed by atoms with Gasteiger partial charge in [-0.15, -0.1) is 11.6 Å². The van der Waals surface area contributed by atoms with Crippen molar-refractivity contribution in [2.75, 3.05) is 0 Å². The smallest absolute Gasteiger partial charge is 0.198 e. The Morgan fingerprint density at radius 2 is 0.852 bits per heavy atom. The van der Waals surface area contributed by atoms with Crippen molar-refractivity contribution >= 4 is 46.4 Å². The van der Waals surface area contributed by atoms with Gasteiger partial charge in [0.1, 0.15) is 0 Å². The first-order valence-electron chi connectivity index (χ1n) is 6.02. The van der Waals surface area contributed by atoms with Crippen LogP contribution in [-0.2, 0) is 0 Å². The fraction of sp³-hybridized carbons (Fsp3) is 1.00. The Morgan fingerprint density at radius 1 is 0.519 bits per heavy atom. The first kappa shape index (κ1) is 27.2. The molecule has 0 bridgehead atoms. The molecule has 0 aromatic rings. The third-order valence-corrected chi connectivity index (χ3v) is 4.01. The van der Waals surface area contributed by atoms with Gasteiger partial charge in [0.2, 0.25) is 5.41 Å². The van der Waals surface area contributed by atoms with Crippen molar-refractivity contribution in [1.82, 2.24) is 0 Å². The molecule has 0 amide bonds. The summed E-state index contributed by atoms with van der Waals surface area (Å²) in [4.78, 5) is 0. The van der Waals surface area contributed by atoms with E-state index in [-0.39, 0.29) is 0 Å². The molecule has 0 heterocycles. The lowest BCUT2D eigenvalue weighted by Gasteiger charge is -2.46. The summed E-state index contributed by atoms with van der Waals surface area (Å²) in [6.45, 7) is 0. The van der Waals surface area contributed by atoms with Gasteiger partial charge in [-0.1, -0.05) is 34.8 Å². The van der Waals surface area contributed by atoms with Crippen LogP contribution in [0.1, 0.15) is 12.8 Å². The molecule has 17 heteroatoms. The Hall–Kier alpha value is 0.250. The summed E-state index contributed by atoms with van der Waals surface area (Å²) < 4.78 is 166. The first-order valence-corrected chi connectivity index (χ1v) is 7.59. The monoisotopic (exact) mass is 512 g/mol. The molecule has 1 atom stereocenters. The Kier molecular flexibility index (Phi) is 7.57. The number of halogens is 17. The maximum Gasteiger partial charge on any atom is 0.459 e. The number of alkyl halides is 17. The van der Waals surface area contributed by atoms with E-state index in [1.54, 1.807) is 0 Å². The zero-order valence-corrected chi connectivity index (χ0v) is 14.9. The van der Waals surface area contributed by atoms with Crippen molar-refractivity contribution in [3.63, 3.8) is 0 Å². The average molecular weight is 514 g/mol. The van der Waals surface area contributed by atoms with Crippen LogP contribution in [0.5, 0.6) is 0 Å². The second-order valence-electron chi connectivity index (χ2n) is 5.17. The van der Waals surface area contributed by atoms with Crippen LogP contribution in [-0.4, -0.2) is 39.5 Å². The molecule has 0 rings (SSSR count). The van der Waals surface area contributed by atoms with E-state index in [0.29, 0.717) is 0 Å². The number of rotatable bonds is 5. The molecule has 1 unspecified atom stereocenters. The van der Waals surface area contributed by atoms with Crippen molar-refractivity contribution in [3.05, 3.63) is 0 Å². The van der Waals surface area contributed by atoms with Gasteiger partial charge in [0.05, 0.1) is 0 Å². The average Bonchev–Trinajstić information content (AvgIpc) is 2.28. The van der Waals surface area contributed by atoms with Crippen molar-refractivity contribution in [1.29, 1.82) is 0 Å². The van der Waals surface area contributed by atoms with E-state index in [1.807, 2.05) is 0 Å². The van der Waals surface area contributed by atoms with E-state index in [0.717, 1.165) is 0 Å². The molecule has 0 aliphatic heterocycles. The lowest BCUT2D eigenvalue weighted by atomic mass is 9.72. The van der Waals surface area contributed by atoms with Gasteiger partial charge in [-0.25, -0.2) is 0 Å². The number of hydrogen-bond donors (Lipinski definition) is 0. The van der Waals surface area contributed by atoms with Crippen LogP contribution < -0.4 is 0 Å². The molecule has 0 aromatic carbocycles. The fourth-order valence-corrected chi connectivity index (χ4v) is 3.24. The molecule has 0 fully saturated rings. The Morgan fingerprint density at radius 3 is 1.07 bits per heavy atom. The van der Waals surface area contributed by atoms with Crippen LogP contribution >= 0.6 is 46.4 Å². The van der Waals surface area contributed by atoms with E-state index in [4.69, 9.17) is 46.4 Å². The van der Waals surface area contributed by atoms with Crippen LogP contribution in [0.4, 0.5) is 57.1 Å². The summed E-state index contributed by atoms with van der Waals surface area (Å²) in [6.07, 6.45) is -26.9. The molecule has 0 aromatic heterocycles. The Bertz CT molecular complexity index is 499. The second kappa shape index (κ2) is 7.50. The third kappa shape index (κ3) is 5.06. The predicted molar refractivity (Wildman–Crippen MR) is 69.7 cm³/mol. The molecular weight excluding hydrogens is 509 g/mol. The summed E-state index contributed by atoms with van der Waals surface area (Å²) in [5, 5.41) is -2.84. The molecule has 0 saturated carbocycles. The van der Waals surface area contributed by atoms with Gasteiger partial charge >= 0.3 is 30.4 Å². The molecule has 0 radical (unpaired) electrons. The maximum atomic E-state index is 13.7. The fourth-order valence-electron chi connectivity index (χ4n) is 1.98. The lowest BCUT2D eigenvalue weighted by molar-refractivity contribution is -0.461. The summed E-state index contributed by atoms with van der Waals surface area (Å²) in [5.74, 6) is -15.5. The largest absolute Gasteiger partial charge is 0.459 e. The van der Waals surface area contributed by atoms with Crippen molar-refractivity contribution < 1.29 is 57.1 Å². The molecule has 0 N–H and O–H groups in total. The van der Waals surface area contributed by atoms with E-state index in [1.165, 1.54) is 0 Å². The van der Waals surface area contributed by atoms with Crippen LogP contribution in [0, 0.1) is 5.41 Å². The second-order valence-corrected chi connectivity index (χ2v) is 8.30. The van der Waals surface area contributed by atoms with Crippen molar-refractivity contribution in [2.24, 2.45) is 5.41 Å². The van der Waals surface area contributed by atoms with E-state index >= 15 is 0 Å². The van der Waals surface area contributed by atoms with E-state index < -0.39 is 57.8 Å². The molecule has 27 heavy (non-hydrogen) atoms. The Balaban J connectivity index is 6.79. The maximum absolute atomic E-state index is 13.7. The van der Waals surface area contributed by atoms with E-state index in [9.17, 15) is 57.1 Å². The quantitative estimate of drug-likeness (QED) is 0.261. The van der Waals surface area contributed by atoms with Crippen molar-refractivity contribution in [3.8, 4) is 0 Å². The van der Waals surface area contributed by atoms with Gasteiger partial charge in [-0.3, -0.25) is 0 Å². The highest BCUT2D eigenvalue weighted by atomic mass is 35.6. The SMILES string of the molecule is FC(F)(F)C(F)(F)C(F)(F)C(CC(Cl)CC(Cl)(Cl)Cl)(C(F)(F)F)C(F)(F)F. The van der Waals surface area contributed by atoms with Gasteiger partial charge < -0.3 is 0 Å². The van der Waals surface area contributed by atoms with Gasteiger partial charge in [0.25, 0.3) is 0 Å². The minimum Gasteiger partial charge on any atom is -0.198 e. The number of hydrogen-bond acceptors (Lipinski definition) is 0. The van der Waals surface area contributed by atoms with Gasteiger partial charge in [0, 0.05) is 11.8 Å². The molecule has 0 aliphatic rings. The minimum atomic E-state index is -7.75. The van der Waals surface area contributed by atoms with Crippen LogP contribution in [0.25, 0.3) is 0 Å². The highest BCUT2D eigenvalue weighted by molar-refractivity contribution is 6.67. The molecule has 0 nitrogen and oxygen atoms in total. The van der Waals surface area contributed by atoms with Crippen LogP contribution in [0.2, 0.25) is 0 Å². The molecule has 0 spiro atoms. The van der Waals surface area contributed by atoms with Gasteiger partial charge in [-0.2, -0.15) is 57.1 Å². The molecular formula is C10H5Cl4F13. The Labute approximate surface area is 161 Å². The standard InChI is InChI=1S/C10H5Cl4F13/c11-3(2-5(12,13)14)1-4(8(19,20)21,9(22,23)24)6(15,16)7(17,18)10(25,26)27/h3H,1-2H2. The lowest BCUT2D eigenvalue weighted by Crippen LogP contribution is -2.70.